The Kier molecular flexibility index (Phi) is 7.05. The van der Waals surface area contributed by atoms with Crippen molar-refractivity contribution in [3.05, 3.63) is 85.1 Å². The van der Waals surface area contributed by atoms with Crippen LogP contribution >= 0.6 is 0 Å². The third kappa shape index (κ3) is 5.33. The van der Waals surface area contributed by atoms with E-state index in [0.717, 1.165) is 5.56 Å². The second-order valence-corrected chi connectivity index (χ2v) is 11.3. The lowest BCUT2D eigenvalue weighted by Crippen LogP contribution is -2.56. The first-order valence-corrected chi connectivity index (χ1v) is 14.2. The van der Waals surface area contributed by atoms with E-state index in [1.54, 1.807) is 65.9 Å². The van der Waals surface area contributed by atoms with Crippen LogP contribution in [0.3, 0.4) is 0 Å². The molecule has 0 aliphatic carbocycles. The molecule has 2 aromatic heterocycles. The van der Waals surface area contributed by atoms with Gasteiger partial charge >= 0.3 is 0 Å². The molecule has 1 saturated heterocycles. The molecule has 12 nitrogen and oxygen atoms in total. The number of amides is 1. The van der Waals surface area contributed by atoms with Gasteiger partial charge in [0.1, 0.15) is 12.1 Å². The van der Waals surface area contributed by atoms with Crippen molar-refractivity contribution in [1.82, 2.24) is 29.1 Å². The maximum absolute atomic E-state index is 13.4. The molecule has 1 N–H and O–H groups in total. The highest BCUT2D eigenvalue weighted by atomic mass is 32.2. The second-order valence-electron chi connectivity index (χ2n) is 9.38. The number of rotatable bonds is 8. The number of benzene rings is 2. The monoisotopic (exact) mass is 561 g/mol. The highest BCUT2D eigenvalue weighted by molar-refractivity contribution is 7.89. The average molecular weight is 562 g/mol. The Morgan fingerprint density at radius 3 is 2.70 bits per heavy atom. The molecule has 0 radical (unpaired) electrons. The number of fused-ring (bicyclic) bond motifs is 1. The van der Waals surface area contributed by atoms with Crippen molar-refractivity contribution in [2.45, 2.75) is 23.9 Å². The molecule has 13 heteroatoms. The van der Waals surface area contributed by atoms with Crippen molar-refractivity contribution >= 4 is 21.7 Å². The van der Waals surface area contributed by atoms with Crippen molar-refractivity contribution in [2.24, 2.45) is 0 Å². The van der Waals surface area contributed by atoms with Crippen molar-refractivity contribution in [2.75, 3.05) is 31.3 Å². The predicted molar refractivity (Wildman–Crippen MR) is 145 cm³/mol. The largest absolute Gasteiger partial charge is 0.454 e. The van der Waals surface area contributed by atoms with Crippen LogP contribution in [0.4, 0.5) is 5.82 Å². The van der Waals surface area contributed by atoms with Gasteiger partial charge in [-0.05, 0) is 35.9 Å². The fraction of sp³-hybridized carbons (Fsp3) is 0.259. The summed E-state index contributed by atoms with van der Waals surface area (Å²) in [5.74, 6) is 2.14. The van der Waals surface area contributed by atoms with Gasteiger partial charge in [0.15, 0.2) is 11.5 Å². The van der Waals surface area contributed by atoms with E-state index >= 15 is 0 Å². The zero-order chi connectivity index (χ0) is 27.5. The van der Waals surface area contributed by atoms with Crippen molar-refractivity contribution in [3.63, 3.8) is 0 Å². The van der Waals surface area contributed by atoms with Gasteiger partial charge < -0.3 is 19.7 Å². The van der Waals surface area contributed by atoms with Crippen LogP contribution in [0.15, 0.2) is 84.4 Å². The molecule has 4 aromatic rings. The summed E-state index contributed by atoms with van der Waals surface area (Å²) in [6.45, 7) is 1.20. The molecule has 1 atom stereocenters. The van der Waals surface area contributed by atoms with E-state index in [1.807, 2.05) is 23.1 Å². The molecular weight excluding hydrogens is 534 g/mol. The normalized spacial score (nSPS) is 17.1. The number of piperazine rings is 1. The smallest absolute Gasteiger partial charge is 0.243 e. The fourth-order valence-corrected chi connectivity index (χ4v) is 6.29. The molecule has 40 heavy (non-hydrogen) atoms. The lowest BCUT2D eigenvalue weighted by atomic mass is 10.1. The molecular formula is C27H27N7O5S. The van der Waals surface area contributed by atoms with E-state index < -0.39 is 16.1 Å². The summed E-state index contributed by atoms with van der Waals surface area (Å²) in [5, 5.41) is 2.95. The number of carbonyl (C=O) groups excluding carboxylic acids is 1. The first kappa shape index (κ1) is 25.8. The molecule has 1 fully saturated rings. The number of nitrogens with one attached hydrogen (secondary N) is 1. The van der Waals surface area contributed by atoms with Gasteiger partial charge in [-0.2, -0.15) is 9.29 Å². The van der Waals surface area contributed by atoms with E-state index in [2.05, 4.69) is 20.3 Å². The van der Waals surface area contributed by atoms with Crippen LogP contribution in [0, 0.1) is 0 Å². The number of sulfonamides is 1. The number of imidazole rings is 1. The van der Waals surface area contributed by atoms with Crippen LogP contribution in [-0.4, -0.2) is 70.6 Å². The zero-order valence-electron chi connectivity index (χ0n) is 21.5. The van der Waals surface area contributed by atoms with E-state index in [1.165, 1.54) is 4.31 Å². The Bertz CT molecular complexity index is 1600. The van der Waals surface area contributed by atoms with Crippen LogP contribution in [0.1, 0.15) is 12.0 Å². The highest BCUT2D eigenvalue weighted by Gasteiger charge is 2.36. The Labute approximate surface area is 231 Å². The van der Waals surface area contributed by atoms with Crippen LogP contribution in [-0.2, 0) is 21.4 Å². The van der Waals surface area contributed by atoms with Gasteiger partial charge in [-0.25, -0.2) is 18.4 Å². The number of anilines is 1. The number of hydrogen-bond acceptors (Lipinski definition) is 9. The van der Waals surface area contributed by atoms with Gasteiger partial charge in [0.25, 0.3) is 0 Å². The van der Waals surface area contributed by atoms with Crippen molar-refractivity contribution < 1.29 is 22.7 Å². The minimum Gasteiger partial charge on any atom is -0.454 e. The van der Waals surface area contributed by atoms with E-state index in [0.29, 0.717) is 36.4 Å². The van der Waals surface area contributed by atoms with Gasteiger partial charge in [0, 0.05) is 51.2 Å². The summed E-state index contributed by atoms with van der Waals surface area (Å²) < 4.78 is 40.7. The van der Waals surface area contributed by atoms with E-state index in [4.69, 9.17) is 9.47 Å². The Hall–Kier alpha value is -4.49. The molecule has 4 heterocycles. The summed E-state index contributed by atoms with van der Waals surface area (Å²) in [5.41, 5.74) is 0.868. The molecule has 206 valence electrons. The molecule has 1 amide bonds. The molecule has 1 unspecified atom stereocenters. The average Bonchev–Trinajstić information content (AvgIpc) is 3.69. The molecule has 0 spiro atoms. The van der Waals surface area contributed by atoms with Crippen molar-refractivity contribution in [3.8, 4) is 17.4 Å². The number of nitrogens with zero attached hydrogens (tertiary/aromatic N) is 6. The van der Waals surface area contributed by atoms with Crippen LogP contribution in [0.25, 0.3) is 5.95 Å². The first-order valence-electron chi connectivity index (χ1n) is 12.8. The highest BCUT2D eigenvalue weighted by Crippen LogP contribution is 2.32. The van der Waals surface area contributed by atoms with Crippen LogP contribution < -0.4 is 19.7 Å². The minimum absolute atomic E-state index is 0.0653. The number of aromatic nitrogens is 4. The standard InChI is InChI=1S/C27H27N7O5S/c35-26(30-16-20-6-7-23-24(14-20)39-19-38-23)15-21-17-33(40(36,37)22-4-2-1-3-5-22)12-13-34(21)25-8-9-29-27(31-25)32-11-10-28-18-32/h1-11,14,18,21H,12-13,15-17,19H2,(H,30,35). The SMILES string of the molecule is O=C(CC1CN(S(=O)(=O)c2ccccc2)CCN1c1ccnc(-n2ccnc2)n1)NCc1ccc2c(c1)OCO2. The van der Waals surface area contributed by atoms with Gasteiger partial charge in [-0.1, -0.05) is 24.3 Å². The predicted octanol–water partition coefficient (Wildman–Crippen LogP) is 1.98. The summed E-state index contributed by atoms with van der Waals surface area (Å²) in [4.78, 5) is 28.4. The third-order valence-electron chi connectivity index (χ3n) is 6.83. The lowest BCUT2D eigenvalue weighted by Gasteiger charge is -2.41. The van der Waals surface area contributed by atoms with Gasteiger partial charge in [0.2, 0.25) is 28.7 Å². The number of carbonyl (C=O) groups is 1. The molecule has 2 aliphatic heterocycles. The van der Waals surface area contributed by atoms with Gasteiger partial charge in [-0.15, -0.1) is 0 Å². The number of hydrogen-bond donors (Lipinski definition) is 1. The topological polar surface area (TPSA) is 132 Å². The van der Waals surface area contributed by atoms with Crippen LogP contribution in [0.5, 0.6) is 11.5 Å². The quantitative estimate of drug-likeness (QED) is 0.343. The Balaban J connectivity index is 1.22. The molecule has 6 rings (SSSR count). The third-order valence-corrected chi connectivity index (χ3v) is 8.71. The van der Waals surface area contributed by atoms with E-state index in [-0.39, 0.29) is 37.1 Å². The van der Waals surface area contributed by atoms with Crippen LogP contribution in [0.2, 0.25) is 0 Å². The molecule has 0 bridgehead atoms. The zero-order valence-corrected chi connectivity index (χ0v) is 22.3. The molecule has 2 aliphatic rings. The summed E-state index contributed by atoms with van der Waals surface area (Å²) >= 11 is 0. The minimum atomic E-state index is -3.74. The molecule has 0 saturated carbocycles. The van der Waals surface area contributed by atoms with Crippen molar-refractivity contribution in [1.29, 1.82) is 0 Å². The maximum atomic E-state index is 13.4. The maximum Gasteiger partial charge on any atom is 0.243 e. The summed E-state index contributed by atoms with van der Waals surface area (Å²) in [7, 11) is -3.74. The fourth-order valence-electron chi connectivity index (χ4n) is 4.80. The lowest BCUT2D eigenvalue weighted by molar-refractivity contribution is -0.121. The number of ether oxygens (including phenoxy) is 2. The first-order chi connectivity index (χ1) is 19.5. The van der Waals surface area contributed by atoms with Gasteiger partial charge in [-0.3, -0.25) is 9.36 Å². The van der Waals surface area contributed by atoms with E-state index in [9.17, 15) is 13.2 Å². The summed E-state index contributed by atoms with van der Waals surface area (Å²) in [6.07, 6.45) is 6.68. The summed E-state index contributed by atoms with van der Waals surface area (Å²) in [6, 6.07) is 15.1. The second kappa shape index (κ2) is 10.9. The molecule has 2 aromatic carbocycles. The Morgan fingerprint density at radius 2 is 1.88 bits per heavy atom. The van der Waals surface area contributed by atoms with Gasteiger partial charge in [0.05, 0.1) is 10.9 Å². The Morgan fingerprint density at radius 1 is 1.02 bits per heavy atom.